The zero-order valence-corrected chi connectivity index (χ0v) is 16.1. The highest BCUT2D eigenvalue weighted by atomic mass is 16.4. The highest BCUT2D eigenvalue weighted by Crippen LogP contribution is 2.24. The fourth-order valence-electron chi connectivity index (χ4n) is 3.06. The maximum Gasteiger partial charge on any atom is 0.344 e. The van der Waals surface area contributed by atoms with Crippen LogP contribution in [0, 0.1) is 0 Å². The van der Waals surface area contributed by atoms with Crippen molar-refractivity contribution in [3.63, 3.8) is 0 Å². The van der Waals surface area contributed by atoms with Crippen LogP contribution in [0.5, 0.6) is 0 Å². The summed E-state index contributed by atoms with van der Waals surface area (Å²) < 4.78 is 5.15. The SMILES string of the molecule is C=C(/C=C/c1ccc(C(C)(C)C)cc1)c1cccc2c(=O)oc(=C)c(=C)c12. The lowest BCUT2D eigenvalue weighted by atomic mass is 9.86. The van der Waals surface area contributed by atoms with Gasteiger partial charge < -0.3 is 4.42 Å². The summed E-state index contributed by atoms with van der Waals surface area (Å²) >= 11 is 0. The zero-order valence-electron chi connectivity index (χ0n) is 16.1. The van der Waals surface area contributed by atoms with Crippen molar-refractivity contribution in [1.82, 2.24) is 0 Å². The van der Waals surface area contributed by atoms with Crippen LogP contribution in [0.1, 0.15) is 37.5 Å². The molecule has 3 rings (SSSR count). The second-order valence-electron chi connectivity index (χ2n) is 7.75. The van der Waals surface area contributed by atoms with Crippen molar-refractivity contribution in [2.24, 2.45) is 0 Å². The van der Waals surface area contributed by atoms with E-state index in [1.54, 1.807) is 6.07 Å². The summed E-state index contributed by atoms with van der Waals surface area (Å²) in [5.74, 6) is 0. The minimum Gasteiger partial charge on any atom is -0.423 e. The Hall–Kier alpha value is -3.13. The van der Waals surface area contributed by atoms with Gasteiger partial charge in [-0.05, 0) is 33.7 Å². The van der Waals surface area contributed by atoms with Gasteiger partial charge in [-0.15, -0.1) is 0 Å². The monoisotopic (exact) mass is 356 g/mol. The molecule has 0 saturated heterocycles. The molecule has 0 saturated carbocycles. The topological polar surface area (TPSA) is 30.2 Å². The van der Waals surface area contributed by atoms with Crippen LogP contribution in [0.2, 0.25) is 0 Å². The van der Waals surface area contributed by atoms with Crippen molar-refractivity contribution < 1.29 is 4.42 Å². The van der Waals surface area contributed by atoms with E-state index >= 15 is 0 Å². The van der Waals surface area contributed by atoms with Crippen LogP contribution in [-0.4, -0.2) is 0 Å². The Labute approximate surface area is 159 Å². The normalized spacial score (nSPS) is 12.0. The molecule has 0 spiro atoms. The van der Waals surface area contributed by atoms with Crippen molar-refractivity contribution in [1.29, 1.82) is 0 Å². The van der Waals surface area contributed by atoms with Crippen molar-refractivity contribution in [3.8, 4) is 0 Å². The quantitative estimate of drug-likeness (QED) is 0.640. The molecular weight excluding hydrogens is 332 g/mol. The molecule has 0 fully saturated rings. The van der Waals surface area contributed by atoms with Crippen LogP contribution in [-0.2, 0) is 5.41 Å². The minimum atomic E-state index is -0.404. The first kappa shape index (κ1) is 18.7. The maximum absolute atomic E-state index is 12.1. The van der Waals surface area contributed by atoms with Gasteiger partial charge in [0.05, 0.1) is 5.39 Å². The Kier molecular flexibility index (Phi) is 4.75. The molecule has 136 valence electrons. The third kappa shape index (κ3) is 3.70. The van der Waals surface area contributed by atoms with Crippen LogP contribution >= 0.6 is 0 Å². The second-order valence-corrected chi connectivity index (χ2v) is 7.75. The van der Waals surface area contributed by atoms with Gasteiger partial charge in [0.2, 0.25) is 0 Å². The average Bonchev–Trinajstić information content (AvgIpc) is 2.63. The first-order valence-corrected chi connectivity index (χ1v) is 8.90. The smallest absolute Gasteiger partial charge is 0.344 e. The molecule has 0 bridgehead atoms. The van der Waals surface area contributed by atoms with Gasteiger partial charge in [0, 0.05) is 10.6 Å². The van der Waals surface area contributed by atoms with Crippen LogP contribution < -0.4 is 16.3 Å². The van der Waals surface area contributed by atoms with Gasteiger partial charge in [0.25, 0.3) is 0 Å². The van der Waals surface area contributed by atoms with E-state index in [2.05, 4.69) is 64.8 Å². The lowest BCUT2D eigenvalue weighted by Gasteiger charge is -2.18. The number of hydrogen-bond acceptors (Lipinski definition) is 2. The molecule has 2 nitrogen and oxygen atoms in total. The molecule has 0 N–H and O–H groups in total. The fraction of sp³-hybridized carbons (Fsp3) is 0.160. The second kappa shape index (κ2) is 6.88. The molecule has 0 radical (unpaired) electrons. The Bertz CT molecular complexity index is 1200. The molecule has 3 aromatic rings. The van der Waals surface area contributed by atoms with Gasteiger partial charge in [-0.1, -0.05) is 89.1 Å². The Morgan fingerprint density at radius 1 is 1.04 bits per heavy atom. The van der Waals surface area contributed by atoms with E-state index in [1.165, 1.54) is 5.56 Å². The first-order valence-electron chi connectivity index (χ1n) is 8.90. The predicted molar refractivity (Wildman–Crippen MR) is 116 cm³/mol. The lowest BCUT2D eigenvalue weighted by molar-refractivity contribution is 0.484. The summed E-state index contributed by atoms with van der Waals surface area (Å²) in [6.45, 7) is 18.6. The molecule has 0 aliphatic heterocycles. The molecule has 0 amide bonds. The highest BCUT2D eigenvalue weighted by molar-refractivity contribution is 5.96. The van der Waals surface area contributed by atoms with Crippen molar-refractivity contribution in [2.75, 3.05) is 0 Å². The summed E-state index contributed by atoms with van der Waals surface area (Å²) in [6.07, 6.45) is 3.98. The van der Waals surface area contributed by atoms with Gasteiger partial charge in [-0.25, -0.2) is 4.79 Å². The van der Waals surface area contributed by atoms with Crippen molar-refractivity contribution in [2.45, 2.75) is 26.2 Å². The Balaban J connectivity index is 2.00. The van der Waals surface area contributed by atoms with Crippen LogP contribution in [0.3, 0.4) is 0 Å². The van der Waals surface area contributed by atoms with E-state index in [4.69, 9.17) is 4.42 Å². The first-order chi connectivity index (χ1) is 12.7. The number of benzene rings is 2. The molecule has 1 heterocycles. The summed E-state index contributed by atoms with van der Waals surface area (Å²) in [6, 6.07) is 14.0. The molecule has 27 heavy (non-hydrogen) atoms. The van der Waals surface area contributed by atoms with Crippen LogP contribution in [0.15, 0.2) is 64.3 Å². The Morgan fingerprint density at radius 2 is 1.70 bits per heavy atom. The average molecular weight is 356 g/mol. The molecule has 0 atom stereocenters. The highest BCUT2D eigenvalue weighted by Gasteiger charge is 2.12. The summed E-state index contributed by atoms with van der Waals surface area (Å²) in [5, 5.41) is 1.86. The van der Waals surface area contributed by atoms with Gasteiger partial charge in [-0.2, -0.15) is 0 Å². The number of allylic oxidation sites excluding steroid dienone is 2. The summed E-state index contributed by atoms with van der Waals surface area (Å²) in [7, 11) is 0. The zero-order chi connectivity index (χ0) is 19.8. The number of rotatable bonds is 3. The minimum absolute atomic E-state index is 0.131. The van der Waals surface area contributed by atoms with Crippen LogP contribution in [0.4, 0.5) is 0 Å². The molecule has 0 aliphatic rings. The Morgan fingerprint density at radius 3 is 2.33 bits per heavy atom. The number of hydrogen-bond donors (Lipinski definition) is 0. The molecular formula is C25H24O2. The predicted octanol–water partition coefficient (Wildman–Crippen LogP) is 4.64. The van der Waals surface area contributed by atoms with Gasteiger partial charge in [0.15, 0.2) is 0 Å². The van der Waals surface area contributed by atoms with Crippen LogP contribution in [0.25, 0.3) is 35.6 Å². The molecule has 1 aromatic heterocycles. The maximum atomic E-state index is 12.1. The summed E-state index contributed by atoms with van der Waals surface area (Å²) in [5.41, 5.74) is 4.06. The van der Waals surface area contributed by atoms with E-state index in [0.717, 1.165) is 22.1 Å². The molecule has 2 aromatic carbocycles. The third-order valence-electron chi connectivity index (χ3n) is 4.74. The number of fused-ring (bicyclic) bond motifs is 1. The van der Waals surface area contributed by atoms with E-state index in [-0.39, 0.29) is 10.8 Å². The van der Waals surface area contributed by atoms with Gasteiger partial charge >= 0.3 is 5.63 Å². The van der Waals surface area contributed by atoms with E-state index < -0.39 is 5.63 Å². The van der Waals surface area contributed by atoms with Gasteiger partial charge in [0.1, 0.15) is 5.42 Å². The molecule has 0 aliphatic carbocycles. The molecule has 2 heteroatoms. The van der Waals surface area contributed by atoms with E-state index in [1.807, 2.05) is 24.3 Å². The van der Waals surface area contributed by atoms with E-state index in [0.29, 0.717) is 10.6 Å². The lowest BCUT2D eigenvalue weighted by Crippen LogP contribution is -2.28. The largest absolute Gasteiger partial charge is 0.423 e. The standard InChI is InChI=1S/C25H24O2/c1-16(10-11-19-12-14-20(15-13-19)25(4,5)6)21-8-7-9-22-23(21)17(2)18(3)27-24(22)26/h7-15H,1-3H2,4-6H3/b11-10+. The summed E-state index contributed by atoms with van der Waals surface area (Å²) in [4.78, 5) is 12.1. The molecule has 0 unspecified atom stereocenters. The third-order valence-corrected chi connectivity index (χ3v) is 4.74. The van der Waals surface area contributed by atoms with Crippen molar-refractivity contribution >= 4 is 35.6 Å². The van der Waals surface area contributed by atoms with Gasteiger partial charge in [-0.3, -0.25) is 0 Å². The fourth-order valence-corrected chi connectivity index (χ4v) is 3.06. The van der Waals surface area contributed by atoms with E-state index in [9.17, 15) is 4.79 Å². The van der Waals surface area contributed by atoms with Crippen molar-refractivity contribution in [3.05, 3.63) is 92.9 Å².